The third-order valence-corrected chi connectivity index (χ3v) is 4.22. The van der Waals surface area contributed by atoms with Gasteiger partial charge in [0.1, 0.15) is 16.5 Å². The summed E-state index contributed by atoms with van der Waals surface area (Å²) in [4.78, 5) is 24.1. The van der Waals surface area contributed by atoms with Crippen LogP contribution in [0.5, 0.6) is 5.75 Å². The smallest absolute Gasteiger partial charge is 0.287 e. The average molecular weight is 391 g/mol. The molecule has 2 rings (SSSR count). The Hall–Kier alpha value is -2.67. The zero-order valence-corrected chi connectivity index (χ0v) is 16.2. The van der Waals surface area contributed by atoms with Crippen molar-refractivity contribution in [1.29, 1.82) is 0 Å². The minimum atomic E-state index is -0.454. The van der Waals surface area contributed by atoms with E-state index in [1.54, 1.807) is 18.2 Å². The molecule has 1 aromatic carbocycles. The summed E-state index contributed by atoms with van der Waals surface area (Å²) in [6, 6.07) is 7.03. The number of ether oxygens (including phenoxy) is 1. The molecule has 1 N–H and O–H groups in total. The highest BCUT2D eigenvalue weighted by Gasteiger charge is 2.11. The highest BCUT2D eigenvalue weighted by molar-refractivity contribution is 6.36. The van der Waals surface area contributed by atoms with Crippen molar-refractivity contribution < 1.29 is 9.53 Å². The molecule has 0 saturated heterocycles. The second-order valence-corrected chi connectivity index (χ2v) is 6.32. The first kappa shape index (κ1) is 20.6. The molecule has 27 heavy (non-hydrogen) atoms. The van der Waals surface area contributed by atoms with Crippen molar-refractivity contribution >= 4 is 29.3 Å². The van der Waals surface area contributed by atoms with Crippen molar-refractivity contribution in [1.82, 2.24) is 9.78 Å². The Morgan fingerprint density at radius 1 is 1.33 bits per heavy atom. The molecule has 0 aliphatic rings. The molecule has 1 heterocycles. The number of carbonyl (C=O) groups is 1. The van der Waals surface area contributed by atoms with Gasteiger partial charge in [0, 0.05) is 7.05 Å². The monoisotopic (exact) mass is 390 g/mol. The normalized spacial score (nSPS) is 10.9. The number of benzene rings is 1. The maximum Gasteiger partial charge on any atom is 0.287 e. The van der Waals surface area contributed by atoms with Crippen LogP contribution in [0.2, 0.25) is 5.02 Å². The molecule has 0 aliphatic heterocycles. The van der Waals surface area contributed by atoms with Gasteiger partial charge in [-0.15, -0.1) is 0 Å². The first-order valence-corrected chi connectivity index (χ1v) is 9.19. The molecular weight excluding hydrogens is 368 g/mol. The van der Waals surface area contributed by atoms with Crippen LogP contribution in [0.3, 0.4) is 0 Å². The number of Topliss-reactive ketones (excluding diaryl/α,β-unsaturated/α-hetero) is 1. The van der Waals surface area contributed by atoms with Gasteiger partial charge >= 0.3 is 0 Å². The molecule has 0 bridgehead atoms. The van der Waals surface area contributed by atoms with Crippen LogP contribution in [0.15, 0.2) is 40.4 Å². The maximum absolute atomic E-state index is 12.4. The molecule has 0 amide bonds. The summed E-state index contributed by atoms with van der Waals surface area (Å²) in [5.74, 6) is 0.207. The number of para-hydroxylation sites is 1. The molecule has 0 spiro atoms. The number of nitrogens with one attached hydrogen (secondary N) is 1. The van der Waals surface area contributed by atoms with Crippen molar-refractivity contribution in [2.45, 2.75) is 32.6 Å². The van der Waals surface area contributed by atoms with Crippen LogP contribution in [-0.2, 0) is 7.05 Å². The van der Waals surface area contributed by atoms with Crippen LogP contribution < -0.4 is 15.7 Å². The summed E-state index contributed by atoms with van der Waals surface area (Å²) in [7, 11) is 1.49. The van der Waals surface area contributed by atoms with Gasteiger partial charge in [0.15, 0.2) is 0 Å². The van der Waals surface area contributed by atoms with Gasteiger partial charge in [-0.05, 0) is 18.6 Å². The molecule has 0 radical (unpaired) electrons. The van der Waals surface area contributed by atoms with Gasteiger partial charge in [-0.25, -0.2) is 4.68 Å². The number of nitrogens with zero attached hydrogens (tertiary/aromatic N) is 3. The molecular formula is C19H23ClN4O3. The summed E-state index contributed by atoms with van der Waals surface area (Å²) >= 11 is 5.93. The van der Waals surface area contributed by atoms with Gasteiger partial charge in [0.25, 0.3) is 5.56 Å². The highest BCUT2D eigenvalue weighted by Crippen LogP contribution is 2.19. The highest BCUT2D eigenvalue weighted by atomic mass is 35.5. The SMILES string of the molecule is CCCCCCOc1ccccc1C(=O)/C=N\Nc1cnn(C)c(=O)c1Cl. The number of aryl methyl sites for hydroxylation is 1. The number of ketones is 1. The van der Waals surface area contributed by atoms with Gasteiger partial charge in [-0.3, -0.25) is 15.0 Å². The van der Waals surface area contributed by atoms with Gasteiger partial charge in [-0.1, -0.05) is 49.9 Å². The quantitative estimate of drug-likeness (QED) is 0.289. The van der Waals surface area contributed by atoms with Crippen LogP contribution in [0.4, 0.5) is 5.69 Å². The van der Waals surface area contributed by atoms with Crippen molar-refractivity contribution in [2.24, 2.45) is 12.1 Å². The molecule has 8 heteroatoms. The van der Waals surface area contributed by atoms with Gasteiger partial charge in [0.2, 0.25) is 5.78 Å². The number of unbranched alkanes of at least 4 members (excludes halogenated alkanes) is 3. The zero-order valence-electron chi connectivity index (χ0n) is 15.4. The summed E-state index contributed by atoms with van der Waals surface area (Å²) < 4.78 is 6.85. The van der Waals surface area contributed by atoms with Crippen LogP contribution >= 0.6 is 11.6 Å². The van der Waals surface area contributed by atoms with Crippen LogP contribution in [-0.4, -0.2) is 28.4 Å². The van der Waals surface area contributed by atoms with E-state index in [-0.39, 0.29) is 16.5 Å². The Kier molecular flexibility index (Phi) is 8.00. The first-order chi connectivity index (χ1) is 13.0. The van der Waals surface area contributed by atoms with Crippen molar-refractivity contribution in [2.75, 3.05) is 12.0 Å². The zero-order chi connectivity index (χ0) is 19.6. The largest absolute Gasteiger partial charge is 0.493 e. The lowest BCUT2D eigenvalue weighted by molar-refractivity contribution is 0.106. The number of halogens is 1. The second-order valence-electron chi connectivity index (χ2n) is 5.94. The number of anilines is 1. The fourth-order valence-corrected chi connectivity index (χ4v) is 2.54. The fraction of sp³-hybridized carbons (Fsp3) is 0.368. The van der Waals surface area contributed by atoms with Crippen molar-refractivity contribution in [3.8, 4) is 5.75 Å². The van der Waals surface area contributed by atoms with Crippen molar-refractivity contribution in [3.05, 3.63) is 51.4 Å². The molecule has 2 aromatic rings. The third-order valence-electron chi connectivity index (χ3n) is 3.85. The van der Waals surface area contributed by atoms with E-state index in [1.807, 2.05) is 6.07 Å². The molecule has 1 aromatic heterocycles. The second kappa shape index (κ2) is 10.5. The molecule has 0 saturated carbocycles. The number of aromatic nitrogens is 2. The Bertz CT molecular complexity index is 864. The van der Waals surface area contributed by atoms with E-state index in [2.05, 4.69) is 22.5 Å². The Balaban J connectivity index is 2.00. The number of rotatable bonds is 10. The number of hydrogen-bond acceptors (Lipinski definition) is 6. The summed E-state index contributed by atoms with van der Waals surface area (Å²) in [5, 5.41) is 7.65. The van der Waals surface area contributed by atoms with E-state index in [9.17, 15) is 9.59 Å². The predicted molar refractivity (Wildman–Crippen MR) is 107 cm³/mol. The molecule has 0 unspecified atom stereocenters. The van der Waals surface area contributed by atoms with Crippen LogP contribution in [0.25, 0.3) is 0 Å². The number of carbonyl (C=O) groups excluding carboxylic acids is 1. The Morgan fingerprint density at radius 2 is 2.11 bits per heavy atom. The van der Waals surface area contributed by atoms with E-state index < -0.39 is 5.56 Å². The summed E-state index contributed by atoms with van der Waals surface area (Å²) in [5.41, 5.74) is 2.76. The van der Waals surface area contributed by atoms with E-state index in [0.29, 0.717) is 17.9 Å². The predicted octanol–water partition coefficient (Wildman–Crippen LogP) is 3.67. The first-order valence-electron chi connectivity index (χ1n) is 8.81. The Labute approximate surface area is 163 Å². The van der Waals surface area contributed by atoms with Gasteiger partial charge in [-0.2, -0.15) is 10.2 Å². The Morgan fingerprint density at radius 3 is 2.89 bits per heavy atom. The summed E-state index contributed by atoms with van der Waals surface area (Å²) in [6.07, 6.45) is 6.85. The topological polar surface area (TPSA) is 85.6 Å². The standard InChI is InChI=1S/C19H23ClN4O3/c1-3-4-5-8-11-27-17-10-7-6-9-14(17)16(25)13-21-23-15-12-22-24(2)19(26)18(15)20/h6-7,9-10,12-13,23H,3-5,8,11H2,1-2H3/b21-13-. The van der Waals surface area contributed by atoms with E-state index in [0.717, 1.165) is 30.2 Å². The number of hydrazone groups is 1. The van der Waals surface area contributed by atoms with E-state index in [1.165, 1.54) is 19.7 Å². The van der Waals surface area contributed by atoms with Gasteiger partial charge in [0.05, 0.1) is 24.6 Å². The molecule has 0 aliphatic carbocycles. The average Bonchev–Trinajstić information content (AvgIpc) is 2.68. The lowest BCUT2D eigenvalue weighted by Crippen LogP contribution is -2.20. The molecule has 0 fully saturated rings. The lowest BCUT2D eigenvalue weighted by Gasteiger charge is -2.09. The fourth-order valence-electron chi connectivity index (χ4n) is 2.33. The molecule has 144 valence electrons. The van der Waals surface area contributed by atoms with Crippen LogP contribution in [0.1, 0.15) is 43.0 Å². The minimum Gasteiger partial charge on any atom is -0.493 e. The minimum absolute atomic E-state index is 0.0482. The maximum atomic E-state index is 12.4. The van der Waals surface area contributed by atoms with Crippen molar-refractivity contribution in [3.63, 3.8) is 0 Å². The number of hydrogen-bond donors (Lipinski definition) is 1. The lowest BCUT2D eigenvalue weighted by atomic mass is 10.1. The van der Waals surface area contributed by atoms with Crippen LogP contribution in [0, 0.1) is 0 Å². The summed E-state index contributed by atoms with van der Waals surface area (Å²) in [6.45, 7) is 2.72. The molecule has 7 nitrogen and oxygen atoms in total. The van der Waals surface area contributed by atoms with E-state index in [4.69, 9.17) is 16.3 Å². The van der Waals surface area contributed by atoms with Gasteiger partial charge < -0.3 is 4.74 Å². The van der Waals surface area contributed by atoms with E-state index >= 15 is 0 Å². The molecule has 0 atom stereocenters. The third kappa shape index (κ3) is 5.92.